The number of halogens is 3. The molecule has 13 heteroatoms. The summed E-state index contributed by atoms with van der Waals surface area (Å²) in [6.07, 6.45) is 2.19. The Labute approximate surface area is 220 Å². The van der Waals surface area contributed by atoms with Crippen LogP contribution in [0, 0.1) is 17.5 Å². The van der Waals surface area contributed by atoms with E-state index in [1.165, 1.54) is 30.5 Å². The Morgan fingerprint density at radius 2 is 1.82 bits per heavy atom. The van der Waals surface area contributed by atoms with Gasteiger partial charge in [-0.25, -0.2) is 23.1 Å². The summed E-state index contributed by atoms with van der Waals surface area (Å²) in [5.41, 5.74) is -0.473. The molecule has 39 heavy (non-hydrogen) atoms. The molecule has 1 aliphatic heterocycles. The molecular weight excluding hydrogens is 513 g/mol. The molecule has 2 aromatic heterocycles. The Balaban J connectivity index is 1.45. The number of benzene rings is 2. The number of aromatic nitrogens is 4. The largest absolute Gasteiger partial charge is 0.367 e. The second-order valence-electron chi connectivity index (χ2n) is 8.91. The van der Waals surface area contributed by atoms with Gasteiger partial charge in [0, 0.05) is 37.9 Å². The third-order valence-electron chi connectivity index (χ3n) is 6.30. The summed E-state index contributed by atoms with van der Waals surface area (Å²) in [5.74, 6) is -3.46. The van der Waals surface area contributed by atoms with E-state index in [-0.39, 0.29) is 45.4 Å². The number of hydrogen-bond acceptors (Lipinski definition) is 8. The molecule has 200 valence electrons. The van der Waals surface area contributed by atoms with Crippen molar-refractivity contribution in [2.45, 2.75) is 0 Å². The highest BCUT2D eigenvalue weighted by atomic mass is 19.2. The number of piperazine rings is 1. The van der Waals surface area contributed by atoms with E-state index >= 15 is 0 Å². The molecule has 0 bridgehead atoms. The molecule has 1 amide bonds. The molecule has 3 heterocycles. The topological polar surface area (TPSA) is 119 Å². The van der Waals surface area contributed by atoms with Crippen molar-refractivity contribution in [2.24, 2.45) is 0 Å². The maximum absolute atomic E-state index is 15.0. The number of likely N-dealkylation sites (N-methyl/N-ethyl adjacent to an activating group) is 1. The summed E-state index contributed by atoms with van der Waals surface area (Å²) in [4.78, 5) is 43.3. The number of hydrogen-bond donors (Lipinski definition) is 3. The van der Waals surface area contributed by atoms with Gasteiger partial charge >= 0.3 is 0 Å². The lowest BCUT2D eigenvalue weighted by Crippen LogP contribution is -2.44. The lowest BCUT2D eigenvalue weighted by Gasteiger charge is -2.34. The smallest absolute Gasteiger partial charge is 0.262 e. The van der Waals surface area contributed by atoms with Crippen LogP contribution in [0.5, 0.6) is 0 Å². The first-order chi connectivity index (χ1) is 18.7. The van der Waals surface area contributed by atoms with Gasteiger partial charge in [-0.2, -0.15) is 4.98 Å². The van der Waals surface area contributed by atoms with Crippen molar-refractivity contribution in [3.63, 3.8) is 0 Å². The van der Waals surface area contributed by atoms with Gasteiger partial charge in [0.1, 0.15) is 17.0 Å². The molecule has 1 aliphatic rings. The van der Waals surface area contributed by atoms with Crippen LogP contribution in [0.2, 0.25) is 0 Å². The molecule has 4 aromatic rings. The Morgan fingerprint density at radius 3 is 2.56 bits per heavy atom. The molecule has 0 unspecified atom stereocenters. The lowest BCUT2D eigenvalue weighted by molar-refractivity contribution is -0.111. The Bertz CT molecular complexity index is 1650. The summed E-state index contributed by atoms with van der Waals surface area (Å²) < 4.78 is 44.0. The highest BCUT2D eigenvalue weighted by Crippen LogP contribution is 2.29. The van der Waals surface area contributed by atoms with Gasteiger partial charge in [0.05, 0.1) is 17.1 Å². The van der Waals surface area contributed by atoms with Gasteiger partial charge in [-0.3, -0.25) is 9.59 Å². The predicted octanol–water partition coefficient (Wildman–Crippen LogP) is 3.42. The molecule has 0 radical (unpaired) electrons. The van der Waals surface area contributed by atoms with Gasteiger partial charge in [-0.1, -0.05) is 6.58 Å². The van der Waals surface area contributed by atoms with Gasteiger partial charge in [0.2, 0.25) is 11.9 Å². The van der Waals surface area contributed by atoms with Crippen LogP contribution in [0.1, 0.15) is 0 Å². The van der Waals surface area contributed by atoms with E-state index in [1.807, 2.05) is 7.05 Å². The minimum absolute atomic E-state index is 0.0396. The Morgan fingerprint density at radius 1 is 1.05 bits per heavy atom. The predicted molar refractivity (Wildman–Crippen MR) is 142 cm³/mol. The number of fused-ring (bicyclic) bond motifs is 1. The molecule has 0 saturated carbocycles. The molecule has 5 rings (SSSR count). The Hall–Kier alpha value is -4.78. The van der Waals surface area contributed by atoms with Crippen LogP contribution in [-0.4, -0.2) is 64.0 Å². The highest BCUT2D eigenvalue weighted by molar-refractivity contribution is 5.99. The minimum Gasteiger partial charge on any atom is -0.367 e. The van der Waals surface area contributed by atoms with E-state index in [0.717, 1.165) is 25.2 Å². The monoisotopic (exact) mass is 536 g/mol. The average Bonchev–Trinajstić information content (AvgIpc) is 2.93. The van der Waals surface area contributed by atoms with Gasteiger partial charge in [-0.15, -0.1) is 0 Å². The molecule has 3 N–H and O–H groups in total. The van der Waals surface area contributed by atoms with Crippen molar-refractivity contribution in [3.8, 4) is 11.4 Å². The summed E-state index contributed by atoms with van der Waals surface area (Å²) in [5, 5.41) is 5.02. The number of nitrogens with zero attached hydrogens (tertiary/aromatic N) is 5. The average molecular weight is 537 g/mol. The van der Waals surface area contributed by atoms with Crippen LogP contribution in [0.25, 0.3) is 22.4 Å². The van der Waals surface area contributed by atoms with E-state index in [1.54, 1.807) is 4.90 Å². The molecule has 0 spiro atoms. The van der Waals surface area contributed by atoms with Gasteiger partial charge in [-0.05, 0) is 43.5 Å². The normalized spacial score (nSPS) is 13.9. The van der Waals surface area contributed by atoms with Crippen molar-refractivity contribution in [3.05, 3.63) is 77.0 Å². The van der Waals surface area contributed by atoms with Crippen LogP contribution in [0.15, 0.2) is 54.0 Å². The first kappa shape index (κ1) is 25.9. The molecule has 0 atom stereocenters. The third kappa shape index (κ3) is 5.29. The van der Waals surface area contributed by atoms with Crippen molar-refractivity contribution in [1.29, 1.82) is 0 Å². The zero-order valence-corrected chi connectivity index (χ0v) is 20.8. The summed E-state index contributed by atoms with van der Waals surface area (Å²) in [6, 6.07) is 6.65. The SMILES string of the molecule is C=CC(=O)Nc1cc(-c2nc3nc(Nc4ccc(N5CCN(C)CC5)c(F)c4F)ncc3c(=O)[nH]2)ccc1F. The number of nitrogens with one attached hydrogen (secondary N) is 3. The second kappa shape index (κ2) is 10.5. The summed E-state index contributed by atoms with van der Waals surface area (Å²) >= 11 is 0. The fourth-order valence-corrected chi connectivity index (χ4v) is 4.12. The summed E-state index contributed by atoms with van der Waals surface area (Å²) in [7, 11) is 1.97. The number of carbonyl (C=O) groups excluding carboxylic acids is 1. The lowest BCUT2D eigenvalue weighted by atomic mass is 10.1. The molecular formula is C26H23F3N8O2. The van der Waals surface area contributed by atoms with Crippen LogP contribution >= 0.6 is 0 Å². The zero-order valence-electron chi connectivity index (χ0n) is 20.8. The quantitative estimate of drug-likeness (QED) is 0.321. The van der Waals surface area contributed by atoms with Crippen LogP contribution in [0.4, 0.5) is 36.2 Å². The van der Waals surface area contributed by atoms with Crippen LogP contribution < -0.4 is 21.1 Å². The number of H-pyrrole nitrogens is 1. The van der Waals surface area contributed by atoms with Crippen molar-refractivity contribution in [1.82, 2.24) is 24.8 Å². The molecule has 10 nitrogen and oxygen atoms in total. The maximum atomic E-state index is 15.0. The second-order valence-corrected chi connectivity index (χ2v) is 8.91. The zero-order chi connectivity index (χ0) is 27.7. The van der Waals surface area contributed by atoms with E-state index in [0.29, 0.717) is 13.1 Å². The van der Waals surface area contributed by atoms with Crippen molar-refractivity contribution in [2.75, 3.05) is 48.8 Å². The highest BCUT2D eigenvalue weighted by Gasteiger charge is 2.22. The van der Waals surface area contributed by atoms with Crippen LogP contribution in [-0.2, 0) is 4.79 Å². The first-order valence-corrected chi connectivity index (χ1v) is 11.9. The van der Waals surface area contributed by atoms with Gasteiger partial charge in [0.25, 0.3) is 5.56 Å². The number of rotatable bonds is 6. The third-order valence-corrected chi connectivity index (χ3v) is 6.30. The van der Waals surface area contributed by atoms with E-state index in [2.05, 4.69) is 42.0 Å². The number of amides is 1. The fourth-order valence-electron chi connectivity index (χ4n) is 4.12. The van der Waals surface area contributed by atoms with Crippen molar-refractivity contribution < 1.29 is 18.0 Å². The molecule has 1 fully saturated rings. The summed E-state index contributed by atoms with van der Waals surface area (Å²) in [6.45, 7) is 5.96. The van der Waals surface area contributed by atoms with Gasteiger partial charge < -0.3 is 25.4 Å². The first-order valence-electron chi connectivity index (χ1n) is 11.9. The standard InChI is InChI=1S/C26H23F3N8O2/c1-3-20(38)31-18-12-14(4-5-16(18)27)23-33-24-15(25(39)34-23)13-30-26(35-24)32-17-6-7-19(22(29)21(17)28)37-10-8-36(2)9-11-37/h3-7,12-13H,1,8-11H2,2H3,(H,31,38)(H2,30,32,33,34,35,39). The maximum Gasteiger partial charge on any atom is 0.262 e. The molecule has 2 aromatic carbocycles. The number of anilines is 4. The minimum atomic E-state index is -1.09. The van der Waals surface area contributed by atoms with Gasteiger partial charge in [0.15, 0.2) is 17.3 Å². The molecule has 0 aliphatic carbocycles. The molecule has 1 saturated heterocycles. The Kier molecular flexibility index (Phi) is 6.98. The number of aromatic amines is 1. The van der Waals surface area contributed by atoms with E-state index in [9.17, 15) is 22.8 Å². The van der Waals surface area contributed by atoms with E-state index in [4.69, 9.17) is 0 Å². The van der Waals surface area contributed by atoms with Crippen molar-refractivity contribution >= 4 is 40.0 Å². The van der Waals surface area contributed by atoms with Crippen LogP contribution in [0.3, 0.4) is 0 Å². The fraction of sp³-hybridized carbons (Fsp3) is 0.192. The van der Waals surface area contributed by atoms with E-state index < -0.39 is 28.9 Å². The number of carbonyl (C=O) groups is 1.